The Bertz CT molecular complexity index is 1850. The molecule has 0 unspecified atom stereocenters. The van der Waals surface area contributed by atoms with Crippen LogP contribution in [-0.2, 0) is 16.0 Å². The number of nitrogens with two attached hydrogens (primary N) is 1. The first-order chi connectivity index (χ1) is 21.8. The molecule has 5 rings (SSSR count). The largest absolute Gasteiger partial charge is 0.453 e. The van der Waals surface area contributed by atoms with Gasteiger partial charge < -0.3 is 15.8 Å². The minimum Gasteiger partial charge on any atom is -0.453 e. The van der Waals surface area contributed by atoms with Crippen LogP contribution < -0.4 is 16.4 Å². The van der Waals surface area contributed by atoms with E-state index in [1.54, 1.807) is 54.6 Å². The van der Waals surface area contributed by atoms with Crippen LogP contribution in [0.25, 0.3) is 22.9 Å². The number of amides is 3. The standard InChI is InChI=1S/C31H26ClN9O4/c1-45-31(44)35-23-11-7-20(8-12-23)24-17-26(37-38-29(24)30(33)43)25(15-19-5-3-2-4-6-19)36-28(42)14-9-21-16-22(32)10-13-27(21)41-18-34-39-40-41/h2-14,16-18,25H,15H2,1H3,(H2,33,43)(H,35,44)(H,36,42)/t25-/m0/s1. The molecule has 0 saturated carbocycles. The average Bonchev–Trinajstić information content (AvgIpc) is 3.59. The van der Waals surface area contributed by atoms with Gasteiger partial charge in [-0.1, -0.05) is 54.1 Å². The maximum absolute atomic E-state index is 13.3. The van der Waals surface area contributed by atoms with Gasteiger partial charge in [0.15, 0.2) is 5.69 Å². The van der Waals surface area contributed by atoms with E-state index in [1.165, 1.54) is 24.2 Å². The molecule has 4 N–H and O–H groups in total. The molecule has 2 aromatic heterocycles. The highest BCUT2D eigenvalue weighted by Crippen LogP contribution is 2.28. The minimum absolute atomic E-state index is 0.0480. The Morgan fingerprint density at radius 2 is 1.80 bits per heavy atom. The third-order valence-electron chi connectivity index (χ3n) is 6.63. The first-order valence-electron chi connectivity index (χ1n) is 13.5. The third-order valence-corrected chi connectivity index (χ3v) is 6.86. The van der Waals surface area contributed by atoms with Crippen LogP contribution in [0, 0.1) is 0 Å². The molecule has 3 amide bonds. The lowest BCUT2D eigenvalue weighted by atomic mass is 9.98. The molecule has 0 bridgehead atoms. The molecule has 3 aromatic carbocycles. The lowest BCUT2D eigenvalue weighted by Crippen LogP contribution is -2.30. The van der Waals surface area contributed by atoms with E-state index in [0.717, 1.165) is 5.56 Å². The number of benzene rings is 3. The number of hydrogen-bond acceptors (Lipinski definition) is 9. The lowest BCUT2D eigenvalue weighted by molar-refractivity contribution is -0.117. The van der Waals surface area contributed by atoms with Gasteiger partial charge in [-0.05, 0) is 70.4 Å². The number of carbonyl (C=O) groups excluding carboxylic acids is 3. The van der Waals surface area contributed by atoms with E-state index >= 15 is 0 Å². The van der Waals surface area contributed by atoms with Gasteiger partial charge in [-0.2, -0.15) is 9.78 Å². The van der Waals surface area contributed by atoms with Crippen molar-refractivity contribution in [2.45, 2.75) is 12.5 Å². The Kier molecular flexibility index (Phi) is 9.50. The maximum Gasteiger partial charge on any atom is 0.411 e. The fourth-order valence-corrected chi connectivity index (χ4v) is 4.67. The number of methoxy groups -OCH3 is 1. The van der Waals surface area contributed by atoms with Crippen molar-refractivity contribution in [1.82, 2.24) is 35.7 Å². The number of nitrogens with zero attached hydrogens (tertiary/aromatic N) is 6. The Labute approximate surface area is 262 Å². The van der Waals surface area contributed by atoms with E-state index in [0.29, 0.717) is 45.2 Å². The van der Waals surface area contributed by atoms with Crippen LogP contribution in [-0.4, -0.2) is 55.4 Å². The van der Waals surface area contributed by atoms with E-state index in [1.807, 2.05) is 30.3 Å². The Balaban J connectivity index is 1.46. The Morgan fingerprint density at radius 1 is 1.02 bits per heavy atom. The molecule has 2 heterocycles. The van der Waals surface area contributed by atoms with Gasteiger partial charge in [0.05, 0.1) is 24.5 Å². The quantitative estimate of drug-likeness (QED) is 0.192. The summed E-state index contributed by atoms with van der Waals surface area (Å²) in [7, 11) is 1.26. The van der Waals surface area contributed by atoms with E-state index in [-0.39, 0.29) is 5.69 Å². The smallest absolute Gasteiger partial charge is 0.411 e. The van der Waals surface area contributed by atoms with Crippen LogP contribution in [0.1, 0.15) is 33.4 Å². The van der Waals surface area contributed by atoms with E-state index in [9.17, 15) is 14.4 Å². The van der Waals surface area contributed by atoms with Crippen molar-refractivity contribution in [1.29, 1.82) is 0 Å². The van der Waals surface area contributed by atoms with Crippen LogP contribution in [0.5, 0.6) is 0 Å². The van der Waals surface area contributed by atoms with E-state index < -0.39 is 23.9 Å². The van der Waals surface area contributed by atoms with Gasteiger partial charge in [-0.3, -0.25) is 14.9 Å². The SMILES string of the molecule is COC(=O)Nc1ccc(-c2cc([C@H](Cc3ccccc3)NC(=O)C=Cc3cc(Cl)ccc3-n3cnnn3)nnc2C(N)=O)cc1. The number of anilines is 1. The lowest BCUT2D eigenvalue weighted by Gasteiger charge is -2.19. The number of rotatable bonds is 10. The normalized spacial score (nSPS) is 11.6. The maximum atomic E-state index is 13.3. The van der Waals surface area contributed by atoms with Gasteiger partial charge >= 0.3 is 6.09 Å². The number of tetrazole rings is 1. The second kappa shape index (κ2) is 14.0. The molecule has 0 fully saturated rings. The van der Waals surface area contributed by atoms with Gasteiger partial charge in [-0.15, -0.1) is 10.2 Å². The van der Waals surface area contributed by atoms with Crippen molar-refractivity contribution < 1.29 is 19.1 Å². The number of carbonyl (C=O) groups is 3. The summed E-state index contributed by atoms with van der Waals surface area (Å²) in [5.74, 6) is -1.19. The summed E-state index contributed by atoms with van der Waals surface area (Å²) in [6.07, 6.45) is 4.17. The van der Waals surface area contributed by atoms with Crippen molar-refractivity contribution in [2.24, 2.45) is 5.73 Å². The topological polar surface area (TPSA) is 180 Å². The number of aromatic nitrogens is 6. The van der Waals surface area contributed by atoms with Gasteiger partial charge in [0.2, 0.25) is 5.91 Å². The molecular formula is C31H26ClN9O4. The zero-order valence-electron chi connectivity index (χ0n) is 23.8. The highest BCUT2D eigenvalue weighted by Gasteiger charge is 2.21. The van der Waals surface area contributed by atoms with E-state index in [2.05, 4.69) is 41.1 Å². The molecule has 0 spiro atoms. The molecule has 0 aliphatic heterocycles. The summed E-state index contributed by atoms with van der Waals surface area (Å²) in [5, 5.41) is 25.7. The second-order valence-electron chi connectivity index (χ2n) is 9.63. The van der Waals surface area contributed by atoms with Crippen LogP contribution in [0.15, 0.2) is 91.3 Å². The fraction of sp³-hybridized carbons (Fsp3) is 0.0968. The van der Waals surface area contributed by atoms with Crippen molar-refractivity contribution in [3.05, 3.63) is 119 Å². The predicted molar refractivity (Wildman–Crippen MR) is 166 cm³/mol. The van der Waals surface area contributed by atoms with Gasteiger partial charge in [0.1, 0.15) is 6.33 Å². The molecule has 14 heteroatoms. The molecular weight excluding hydrogens is 598 g/mol. The summed E-state index contributed by atoms with van der Waals surface area (Å²) in [4.78, 5) is 37.2. The van der Waals surface area contributed by atoms with Crippen LogP contribution in [0.4, 0.5) is 10.5 Å². The van der Waals surface area contributed by atoms with Gasteiger partial charge in [0, 0.05) is 27.9 Å². The molecule has 1 atom stereocenters. The molecule has 0 aliphatic carbocycles. The summed E-state index contributed by atoms with van der Waals surface area (Å²) >= 11 is 6.22. The first kappa shape index (κ1) is 30.5. The molecule has 0 radical (unpaired) electrons. The fourth-order valence-electron chi connectivity index (χ4n) is 4.48. The van der Waals surface area contributed by atoms with Gasteiger partial charge in [-0.25, -0.2) is 4.79 Å². The third kappa shape index (κ3) is 7.72. The van der Waals surface area contributed by atoms with E-state index in [4.69, 9.17) is 17.3 Å². The summed E-state index contributed by atoms with van der Waals surface area (Å²) in [6.45, 7) is 0. The minimum atomic E-state index is -0.771. The summed E-state index contributed by atoms with van der Waals surface area (Å²) in [6, 6.07) is 22.4. The number of primary amides is 1. The molecule has 13 nitrogen and oxygen atoms in total. The number of hydrogen-bond donors (Lipinski definition) is 3. The number of nitrogens with one attached hydrogen (secondary N) is 2. The summed E-state index contributed by atoms with van der Waals surface area (Å²) < 4.78 is 6.09. The van der Waals surface area contributed by atoms with Crippen molar-refractivity contribution in [3.8, 4) is 16.8 Å². The Morgan fingerprint density at radius 3 is 2.49 bits per heavy atom. The zero-order valence-corrected chi connectivity index (χ0v) is 24.5. The predicted octanol–water partition coefficient (Wildman–Crippen LogP) is 4.16. The zero-order chi connectivity index (χ0) is 31.8. The molecule has 0 aliphatic rings. The molecule has 226 valence electrons. The van der Waals surface area contributed by atoms with Crippen LogP contribution in [0.3, 0.4) is 0 Å². The first-order valence-corrected chi connectivity index (χ1v) is 13.9. The monoisotopic (exact) mass is 623 g/mol. The average molecular weight is 624 g/mol. The highest BCUT2D eigenvalue weighted by atomic mass is 35.5. The number of halogens is 1. The van der Waals surface area contributed by atoms with Crippen molar-refractivity contribution >= 4 is 41.3 Å². The van der Waals surface area contributed by atoms with Gasteiger partial charge in [0.25, 0.3) is 5.91 Å². The van der Waals surface area contributed by atoms with Crippen molar-refractivity contribution in [3.63, 3.8) is 0 Å². The summed E-state index contributed by atoms with van der Waals surface area (Å²) in [5.41, 5.74) is 9.64. The van der Waals surface area contributed by atoms with Crippen molar-refractivity contribution in [2.75, 3.05) is 12.4 Å². The molecule has 45 heavy (non-hydrogen) atoms. The molecule has 5 aromatic rings. The second-order valence-corrected chi connectivity index (χ2v) is 10.1. The number of ether oxygens (including phenoxy) is 1. The van der Waals surface area contributed by atoms with Crippen LogP contribution >= 0.6 is 11.6 Å². The molecule has 0 saturated heterocycles. The van der Waals surface area contributed by atoms with Crippen LogP contribution in [0.2, 0.25) is 5.02 Å². The Hall–Kier alpha value is -5.95. The highest BCUT2D eigenvalue weighted by molar-refractivity contribution is 6.30.